The van der Waals surface area contributed by atoms with Crippen LogP contribution in [-0.4, -0.2) is 92.1 Å². The maximum atomic E-state index is 12.2. The van der Waals surface area contributed by atoms with E-state index in [1.54, 1.807) is 6.07 Å². The van der Waals surface area contributed by atoms with Crippen LogP contribution in [0.25, 0.3) is 0 Å². The molecule has 0 aromatic heterocycles. The van der Waals surface area contributed by atoms with Crippen LogP contribution in [0.5, 0.6) is 5.75 Å². The molecule has 0 bridgehead atoms. The van der Waals surface area contributed by atoms with Gasteiger partial charge in [0.2, 0.25) is 5.69 Å². The van der Waals surface area contributed by atoms with Gasteiger partial charge in [-0.15, -0.1) is 0 Å². The number of hydrogen-bond acceptors (Lipinski definition) is 12. The summed E-state index contributed by atoms with van der Waals surface area (Å²) < 4.78 is 145. The average Bonchev–Trinajstić information content (AvgIpc) is 3.57. The van der Waals surface area contributed by atoms with Crippen molar-refractivity contribution in [1.29, 1.82) is 0 Å². The Morgan fingerprint density at radius 1 is 0.750 bits per heavy atom. The van der Waals surface area contributed by atoms with Gasteiger partial charge in [-0.3, -0.25) is 18.5 Å². The van der Waals surface area contributed by atoms with Crippen molar-refractivity contribution in [3.63, 3.8) is 0 Å². The molecule has 3 aromatic rings. The fourth-order valence-corrected chi connectivity index (χ4v) is 10.9. The van der Waals surface area contributed by atoms with Crippen molar-refractivity contribution in [2.45, 2.75) is 111 Å². The Bertz CT molecular complexity index is 3080. The Kier molecular flexibility index (Phi) is 17.1. The first-order chi connectivity index (χ1) is 31.1. The summed E-state index contributed by atoms with van der Waals surface area (Å²) in [4.78, 5) is 12.2. The SMILES string of the molecule is CC1(C)C(=CC=C2CCCC(C=CC3=[N+](CCCCS(=O)(=O)O)c4ccc(S(=O)(=O)[O-])cc4C3(C)C)=C2Oc2ccc(S(=O)(=O)O)cc2)N(CCCCCC(=O)O)c2ccc(S(=O)(=O)O)cc21.[Na+]. The van der Waals surface area contributed by atoms with Crippen molar-refractivity contribution >= 4 is 63.5 Å². The minimum absolute atomic E-state index is 0. The van der Waals surface area contributed by atoms with Crippen molar-refractivity contribution in [2.24, 2.45) is 0 Å². The van der Waals surface area contributed by atoms with Gasteiger partial charge in [-0.25, -0.2) is 8.42 Å². The van der Waals surface area contributed by atoms with Crippen LogP contribution in [0.15, 0.2) is 122 Å². The van der Waals surface area contributed by atoms with Crippen LogP contribution in [0.2, 0.25) is 0 Å². The van der Waals surface area contributed by atoms with Gasteiger partial charge in [0.1, 0.15) is 28.2 Å². The zero-order valence-corrected chi connectivity index (χ0v) is 43.6. The smallest absolute Gasteiger partial charge is 0.744 e. The first-order valence-corrected chi connectivity index (χ1v) is 27.4. The molecule has 0 amide bonds. The van der Waals surface area contributed by atoms with E-state index in [1.807, 2.05) is 61.5 Å². The van der Waals surface area contributed by atoms with Gasteiger partial charge in [0.05, 0.1) is 25.9 Å². The van der Waals surface area contributed by atoms with Crippen LogP contribution in [0.3, 0.4) is 0 Å². The van der Waals surface area contributed by atoms with Crippen LogP contribution < -0.4 is 39.2 Å². The number of carboxylic acids is 1. The maximum absolute atomic E-state index is 12.2. The molecule has 17 nitrogen and oxygen atoms in total. The van der Waals surface area contributed by atoms with E-state index in [0.29, 0.717) is 85.3 Å². The summed E-state index contributed by atoms with van der Waals surface area (Å²) >= 11 is 0. The van der Waals surface area contributed by atoms with Gasteiger partial charge in [-0.1, -0.05) is 26.3 Å². The quantitative estimate of drug-likeness (QED) is 0.0559. The van der Waals surface area contributed by atoms with Crippen LogP contribution in [0.1, 0.15) is 96.6 Å². The first kappa shape index (κ1) is 54.9. The summed E-state index contributed by atoms with van der Waals surface area (Å²) in [6.07, 6.45) is 11.4. The monoisotopic (exact) mass is 1030 g/mol. The number of aliphatic carboxylic acids is 1. The number of allylic oxidation sites excluding steroid dienone is 7. The number of nitrogens with zero attached hydrogens (tertiary/aromatic N) is 2. The standard InChI is InChI=1S/C46H54N2O15S4.Na/c1-45(2)37-29-35(66(57,58)59)20-22-39(37)47(26-7-5-6-13-43(49)50)41(45)24-14-31-11-10-12-32(44(31)63-33-16-18-34(19-17-33)65(54,55)56)15-25-42-46(3,4)38-30-36(67(60,61)62)21-23-40(38)48(42)27-8-9-28-64(51,52)53;/h14-25,29-30H,5-13,26-28H2,1-4H3,(H4-,49,50,51,52,53,54,55,56,57,58,59,60,61,62);/q;+1. The normalized spacial score (nSPS) is 18.3. The predicted molar refractivity (Wildman–Crippen MR) is 249 cm³/mol. The number of hydrogen-bond donors (Lipinski definition) is 4. The van der Waals surface area contributed by atoms with Crippen LogP contribution >= 0.6 is 0 Å². The molecule has 2 aliphatic heterocycles. The van der Waals surface area contributed by atoms with E-state index in [0.717, 1.165) is 17.0 Å². The van der Waals surface area contributed by atoms with Crippen molar-refractivity contribution in [3.8, 4) is 5.75 Å². The number of anilines is 1. The van der Waals surface area contributed by atoms with Crippen LogP contribution in [0, 0.1) is 0 Å². The predicted octanol–water partition coefficient (Wildman–Crippen LogP) is 4.46. The van der Waals surface area contributed by atoms with Gasteiger partial charge in [0, 0.05) is 53.9 Å². The van der Waals surface area contributed by atoms with Gasteiger partial charge >= 0.3 is 35.5 Å². The third-order valence-electron chi connectivity index (χ3n) is 12.3. The first-order valence-electron chi connectivity index (χ1n) is 21.5. The Morgan fingerprint density at radius 3 is 2.00 bits per heavy atom. The zero-order valence-electron chi connectivity index (χ0n) is 38.4. The van der Waals surface area contributed by atoms with E-state index < -0.39 is 67.9 Å². The number of ether oxygens (including phenoxy) is 1. The molecule has 0 atom stereocenters. The molecule has 3 aliphatic rings. The van der Waals surface area contributed by atoms with Crippen molar-refractivity contribution in [3.05, 3.63) is 119 Å². The Morgan fingerprint density at radius 2 is 1.38 bits per heavy atom. The number of rotatable bonds is 19. The molecule has 0 unspecified atom stereocenters. The molecule has 0 radical (unpaired) electrons. The number of carboxylic acid groups (broad SMARTS) is 1. The van der Waals surface area contributed by atoms with Gasteiger partial charge in [-0.2, -0.15) is 29.8 Å². The maximum Gasteiger partial charge on any atom is 1.00 e. The molecular formula is C46H54N2NaO15S4+. The molecule has 6 rings (SSSR count). The fraction of sp³-hybridized carbons (Fsp3) is 0.391. The summed E-state index contributed by atoms with van der Waals surface area (Å²) in [5.74, 6) is -0.682. The van der Waals surface area contributed by atoms with Gasteiger partial charge < -0.3 is 19.3 Å². The van der Waals surface area contributed by atoms with Crippen LogP contribution in [-0.2, 0) is 56.1 Å². The fourth-order valence-electron chi connectivity index (χ4n) is 8.89. The summed E-state index contributed by atoms with van der Waals surface area (Å²) in [6.45, 7) is 8.32. The van der Waals surface area contributed by atoms with E-state index in [2.05, 4.69) is 0 Å². The summed E-state index contributed by atoms with van der Waals surface area (Å²) in [5.41, 5.74) is 3.77. The minimum Gasteiger partial charge on any atom is -0.744 e. The summed E-state index contributed by atoms with van der Waals surface area (Å²) in [6, 6.07) is 13.7. The summed E-state index contributed by atoms with van der Waals surface area (Å²) in [7, 11) is -18.1. The molecule has 0 fully saturated rings. The number of fused-ring (bicyclic) bond motifs is 2. The largest absolute Gasteiger partial charge is 1.00 e. The molecular weight excluding hydrogens is 972 g/mol. The molecule has 2 heterocycles. The molecule has 3 aromatic carbocycles. The van der Waals surface area contributed by atoms with Crippen molar-refractivity contribution in [1.82, 2.24) is 0 Å². The molecule has 68 heavy (non-hydrogen) atoms. The third kappa shape index (κ3) is 12.8. The van der Waals surface area contributed by atoms with Gasteiger partial charge in [-0.05, 0) is 136 Å². The Hall–Kier alpha value is -4.00. The van der Waals surface area contributed by atoms with Crippen molar-refractivity contribution < 1.29 is 101 Å². The third-order valence-corrected chi connectivity index (χ3v) is 15.7. The van der Waals surface area contributed by atoms with Gasteiger partial charge in [0.15, 0.2) is 5.71 Å². The van der Waals surface area contributed by atoms with Crippen LogP contribution in [0.4, 0.5) is 11.4 Å². The second-order valence-electron chi connectivity index (χ2n) is 17.8. The molecule has 0 spiro atoms. The van der Waals surface area contributed by atoms with E-state index in [1.165, 1.54) is 54.6 Å². The number of carbonyl (C=O) groups is 1. The minimum atomic E-state index is -4.82. The topological polar surface area (TPSA) is 273 Å². The van der Waals surface area contributed by atoms with E-state index in [9.17, 15) is 61.8 Å². The Labute approximate surface area is 420 Å². The number of unbranched alkanes of at least 4 members (excludes halogenated alkanes) is 3. The second kappa shape index (κ2) is 21.2. The van der Waals surface area contributed by atoms with Crippen molar-refractivity contribution in [2.75, 3.05) is 23.7 Å². The second-order valence-corrected chi connectivity index (χ2v) is 23.6. The Balaban J connectivity index is 0.00000864. The molecule has 0 saturated heterocycles. The molecule has 4 N–H and O–H groups in total. The number of benzene rings is 3. The molecule has 22 heteroatoms. The van der Waals surface area contributed by atoms with E-state index >= 15 is 0 Å². The summed E-state index contributed by atoms with van der Waals surface area (Å²) in [5, 5.41) is 9.18. The van der Waals surface area contributed by atoms with Gasteiger partial charge in [0.25, 0.3) is 30.4 Å². The molecule has 1 aliphatic carbocycles. The zero-order chi connectivity index (χ0) is 49.3. The van der Waals surface area contributed by atoms with E-state index in [-0.39, 0.29) is 64.5 Å². The van der Waals surface area contributed by atoms with E-state index in [4.69, 9.17) is 4.74 Å². The molecule has 362 valence electrons. The average molecular weight is 1030 g/mol. The molecule has 0 saturated carbocycles.